The largest absolute Gasteiger partial charge is 0.374 e. The molecule has 7 nitrogen and oxygen atoms in total. The van der Waals surface area contributed by atoms with Crippen LogP contribution >= 0.6 is 0 Å². The Morgan fingerprint density at radius 1 is 0.684 bits per heavy atom. The Kier molecular flexibility index (Phi) is 3.84. The van der Waals surface area contributed by atoms with Gasteiger partial charge in [-0.25, -0.2) is 0 Å². The lowest BCUT2D eigenvalue weighted by atomic mass is 9.96. The van der Waals surface area contributed by atoms with Crippen molar-refractivity contribution in [3.05, 3.63) is 95.6 Å². The van der Waals surface area contributed by atoms with E-state index in [0.717, 1.165) is 50.2 Å². The van der Waals surface area contributed by atoms with Gasteiger partial charge in [0.05, 0.1) is 46.4 Å². The minimum Gasteiger partial charge on any atom is -0.374 e. The standard InChI is InChI=1S/C31H22N4O3/c36-30-26-24-18-10-4-6-12-20(18)34-22-15-38-16-23(33(22)14-17-8-2-1-3-9-17)35-21-13-7-5-11-19(21)25(29(35)28(24)34)27(26)31(37)32-30/h1-13,22-23H,14-16H2,(H,32,36,37)/t22-,23+. The molecule has 0 saturated carbocycles. The molecule has 3 aliphatic heterocycles. The Bertz CT molecular complexity index is 1900. The molecule has 0 radical (unpaired) electrons. The molecular weight excluding hydrogens is 476 g/mol. The number of fused-ring (bicyclic) bond motifs is 13. The first-order chi connectivity index (χ1) is 18.7. The van der Waals surface area contributed by atoms with Gasteiger partial charge in [-0.3, -0.25) is 19.8 Å². The van der Waals surface area contributed by atoms with Crippen molar-refractivity contribution in [2.24, 2.45) is 0 Å². The molecule has 1 saturated heterocycles. The fourth-order valence-corrected chi connectivity index (χ4v) is 7.17. The van der Waals surface area contributed by atoms with Crippen molar-refractivity contribution < 1.29 is 14.3 Å². The Morgan fingerprint density at radius 2 is 1.18 bits per heavy atom. The maximum atomic E-state index is 13.4. The van der Waals surface area contributed by atoms with Crippen molar-refractivity contribution in [2.75, 3.05) is 13.2 Å². The molecule has 2 bridgehead atoms. The maximum absolute atomic E-state index is 13.4. The summed E-state index contributed by atoms with van der Waals surface area (Å²) in [6.07, 6.45) is -0.173. The number of hydrogen-bond acceptors (Lipinski definition) is 4. The van der Waals surface area contributed by atoms with Gasteiger partial charge in [0.2, 0.25) is 0 Å². The van der Waals surface area contributed by atoms with Gasteiger partial charge in [0.25, 0.3) is 11.8 Å². The van der Waals surface area contributed by atoms with Crippen LogP contribution in [0.5, 0.6) is 0 Å². The summed E-state index contributed by atoms with van der Waals surface area (Å²) in [5, 5.41) is 6.27. The van der Waals surface area contributed by atoms with Crippen LogP contribution in [0, 0.1) is 0 Å². The summed E-state index contributed by atoms with van der Waals surface area (Å²) in [6.45, 7) is 1.81. The summed E-state index contributed by atoms with van der Waals surface area (Å²) in [5.74, 6) is -0.646. The van der Waals surface area contributed by atoms with Gasteiger partial charge in [0.15, 0.2) is 0 Å². The molecule has 0 aliphatic carbocycles. The molecular formula is C31H22N4O3. The third kappa shape index (κ3) is 2.36. The monoisotopic (exact) mass is 498 g/mol. The van der Waals surface area contributed by atoms with E-state index in [9.17, 15) is 9.59 Å². The molecule has 184 valence electrons. The predicted octanol–water partition coefficient (Wildman–Crippen LogP) is 5.33. The average molecular weight is 499 g/mol. The van der Waals surface area contributed by atoms with E-state index < -0.39 is 0 Å². The van der Waals surface area contributed by atoms with E-state index in [0.29, 0.717) is 24.3 Å². The van der Waals surface area contributed by atoms with Gasteiger partial charge in [-0.1, -0.05) is 66.7 Å². The molecule has 2 amide bonds. The SMILES string of the molecule is O=C1NC(=O)c2c1c1c3ccccc3n3c1c1c2c2ccccc2n1[C@H]1COC[C@@H]3N1Cc1ccccc1. The molecule has 9 rings (SSSR count). The van der Waals surface area contributed by atoms with E-state index in [1.807, 2.05) is 30.3 Å². The second-order valence-corrected chi connectivity index (χ2v) is 10.4. The summed E-state index contributed by atoms with van der Waals surface area (Å²) in [6, 6.07) is 27.0. The van der Waals surface area contributed by atoms with Crippen LogP contribution in [-0.4, -0.2) is 39.1 Å². The van der Waals surface area contributed by atoms with Gasteiger partial charge < -0.3 is 13.9 Å². The molecule has 7 heteroatoms. The van der Waals surface area contributed by atoms with E-state index in [-0.39, 0.29) is 24.1 Å². The first kappa shape index (κ1) is 20.6. The minimum atomic E-state index is -0.323. The highest BCUT2D eigenvalue weighted by atomic mass is 16.5. The maximum Gasteiger partial charge on any atom is 0.259 e. The van der Waals surface area contributed by atoms with Crippen LogP contribution in [0.15, 0.2) is 78.9 Å². The van der Waals surface area contributed by atoms with Crippen molar-refractivity contribution in [2.45, 2.75) is 18.9 Å². The normalized spacial score (nSPS) is 20.6. The molecule has 5 heterocycles. The summed E-state index contributed by atoms with van der Waals surface area (Å²) >= 11 is 0. The zero-order chi connectivity index (χ0) is 25.1. The Labute approximate surface area is 216 Å². The third-order valence-electron chi connectivity index (χ3n) is 8.58. The number of para-hydroxylation sites is 2. The van der Waals surface area contributed by atoms with E-state index >= 15 is 0 Å². The summed E-state index contributed by atoms with van der Waals surface area (Å²) in [7, 11) is 0. The molecule has 0 spiro atoms. The van der Waals surface area contributed by atoms with Crippen LogP contribution in [0.25, 0.3) is 43.6 Å². The van der Waals surface area contributed by atoms with Gasteiger partial charge >= 0.3 is 0 Å². The van der Waals surface area contributed by atoms with Crippen molar-refractivity contribution >= 4 is 55.4 Å². The zero-order valence-corrected chi connectivity index (χ0v) is 20.3. The number of benzene rings is 4. The van der Waals surface area contributed by atoms with E-state index in [2.05, 4.69) is 67.9 Å². The van der Waals surface area contributed by atoms with Crippen molar-refractivity contribution in [3.63, 3.8) is 0 Å². The lowest BCUT2D eigenvalue weighted by molar-refractivity contribution is -0.101. The lowest BCUT2D eigenvalue weighted by Gasteiger charge is -2.42. The van der Waals surface area contributed by atoms with Crippen LogP contribution in [0.1, 0.15) is 38.6 Å². The fourth-order valence-electron chi connectivity index (χ4n) is 7.17. The number of hydrogen-bond donors (Lipinski definition) is 1. The van der Waals surface area contributed by atoms with E-state index in [4.69, 9.17) is 4.74 Å². The van der Waals surface area contributed by atoms with Gasteiger partial charge in [-0.2, -0.15) is 0 Å². The predicted molar refractivity (Wildman–Crippen MR) is 145 cm³/mol. The number of ether oxygens (including phenoxy) is 1. The van der Waals surface area contributed by atoms with Crippen molar-refractivity contribution in [1.29, 1.82) is 0 Å². The summed E-state index contributed by atoms with van der Waals surface area (Å²) < 4.78 is 11.1. The third-order valence-corrected chi connectivity index (χ3v) is 8.58. The number of imide groups is 1. The summed E-state index contributed by atoms with van der Waals surface area (Å²) in [4.78, 5) is 29.3. The Hall–Kier alpha value is -4.46. The topological polar surface area (TPSA) is 68.5 Å². The number of amides is 2. The van der Waals surface area contributed by atoms with Crippen LogP contribution in [0.4, 0.5) is 0 Å². The Balaban J connectivity index is 1.54. The number of nitrogens with zero attached hydrogens (tertiary/aromatic N) is 3. The highest BCUT2D eigenvalue weighted by Gasteiger charge is 2.43. The van der Waals surface area contributed by atoms with Crippen LogP contribution in [0.2, 0.25) is 0 Å². The van der Waals surface area contributed by atoms with Crippen LogP contribution < -0.4 is 5.32 Å². The van der Waals surface area contributed by atoms with Gasteiger partial charge in [-0.05, 0) is 17.7 Å². The number of rotatable bonds is 2. The molecule has 6 aromatic rings. The molecule has 1 fully saturated rings. The number of carbonyl (C=O) groups excluding carboxylic acids is 2. The quantitative estimate of drug-likeness (QED) is 0.328. The molecule has 2 atom stereocenters. The molecule has 4 aromatic carbocycles. The summed E-state index contributed by atoms with van der Waals surface area (Å²) in [5.41, 5.74) is 6.28. The highest BCUT2D eigenvalue weighted by Crippen LogP contribution is 2.50. The van der Waals surface area contributed by atoms with Gasteiger partial charge in [0.1, 0.15) is 12.3 Å². The zero-order valence-electron chi connectivity index (χ0n) is 20.3. The molecule has 3 aliphatic rings. The van der Waals surface area contributed by atoms with Crippen molar-refractivity contribution in [3.8, 4) is 0 Å². The second kappa shape index (κ2) is 7.10. The second-order valence-electron chi connectivity index (χ2n) is 10.4. The van der Waals surface area contributed by atoms with Gasteiger partial charge in [0, 0.05) is 28.1 Å². The number of aromatic nitrogens is 2. The lowest BCUT2D eigenvalue weighted by Crippen LogP contribution is -2.45. The molecule has 2 aromatic heterocycles. The highest BCUT2D eigenvalue weighted by molar-refractivity contribution is 6.39. The van der Waals surface area contributed by atoms with Crippen LogP contribution in [-0.2, 0) is 11.3 Å². The van der Waals surface area contributed by atoms with Crippen molar-refractivity contribution in [1.82, 2.24) is 19.4 Å². The first-order valence-electron chi connectivity index (χ1n) is 13.0. The molecule has 1 N–H and O–H groups in total. The molecule has 38 heavy (non-hydrogen) atoms. The van der Waals surface area contributed by atoms with E-state index in [1.165, 1.54) is 5.56 Å². The van der Waals surface area contributed by atoms with Gasteiger partial charge in [-0.15, -0.1) is 0 Å². The fraction of sp³-hybridized carbons (Fsp3) is 0.161. The first-order valence-corrected chi connectivity index (χ1v) is 13.0. The Morgan fingerprint density at radius 3 is 1.74 bits per heavy atom. The average Bonchev–Trinajstić information content (AvgIpc) is 3.55. The van der Waals surface area contributed by atoms with E-state index in [1.54, 1.807) is 0 Å². The number of carbonyl (C=O) groups is 2. The molecule has 0 unspecified atom stereocenters. The minimum absolute atomic E-state index is 0.0866. The smallest absolute Gasteiger partial charge is 0.259 e. The number of nitrogens with one attached hydrogen (secondary N) is 1. The van der Waals surface area contributed by atoms with Crippen LogP contribution in [0.3, 0.4) is 0 Å². The number of morpholine rings is 1.